The summed E-state index contributed by atoms with van der Waals surface area (Å²) in [6, 6.07) is 3.11. The van der Waals surface area contributed by atoms with Crippen molar-refractivity contribution < 1.29 is 23.1 Å². The molecule has 1 aliphatic carbocycles. The highest BCUT2D eigenvalue weighted by Crippen LogP contribution is 2.29. The first-order valence-electron chi connectivity index (χ1n) is 8.26. The van der Waals surface area contributed by atoms with Gasteiger partial charge in [0.05, 0.1) is 0 Å². The van der Waals surface area contributed by atoms with Gasteiger partial charge < -0.3 is 10.1 Å². The number of hydrogen-bond donors (Lipinski definition) is 1. The zero-order valence-corrected chi connectivity index (χ0v) is 14.1. The smallest absolute Gasteiger partial charge is 0.344 e. The van der Waals surface area contributed by atoms with Crippen molar-refractivity contribution in [1.82, 2.24) is 5.32 Å². The molecule has 132 valence electrons. The number of carbonyl (C=O) groups excluding carboxylic acids is 2. The molecule has 24 heavy (non-hydrogen) atoms. The third-order valence-corrected chi connectivity index (χ3v) is 4.85. The largest absolute Gasteiger partial charge is 0.449 e. The van der Waals surface area contributed by atoms with Crippen molar-refractivity contribution in [3.8, 4) is 0 Å². The topological polar surface area (TPSA) is 55.4 Å². The number of carbonyl (C=O) groups is 2. The molecule has 1 N–H and O–H groups in total. The Kier molecular flexibility index (Phi) is 5.91. The van der Waals surface area contributed by atoms with Gasteiger partial charge in [-0.05, 0) is 37.3 Å². The average Bonchev–Trinajstić information content (AvgIpc) is 2.51. The second kappa shape index (κ2) is 7.73. The normalized spacial score (nSPS) is 25.0. The summed E-state index contributed by atoms with van der Waals surface area (Å²) in [4.78, 5) is 24.2. The fourth-order valence-corrected chi connectivity index (χ4v) is 3.05. The number of rotatable bonds is 4. The monoisotopic (exact) mass is 339 g/mol. The van der Waals surface area contributed by atoms with E-state index in [0.29, 0.717) is 11.8 Å². The molecule has 1 amide bonds. The van der Waals surface area contributed by atoms with E-state index in [9.17, 15) is 18.4 Å². The maximum Gasteiger partial charge on any atom is 0.344 e. The van der Waals surface area contributed by atoms with Crippen LogP contribution in [0.4, 0.5) is 8.78 Å². The van der Waals surface area contributed by atoms with Crippen LogP contribution in [0.2, 0.25) is 0 Å². The van der Waals surface area contributed by atoms with E-state index in [1.54, 1.807) is 0 Å². The van der Waals surface area contributed by atoms with Gasteiger partial charge in [0.25, 0.3) is 5.91 Å². The molecule has 4 atom stereocenters. The Morgan fingerprint density at radius 2 is 1.83 bits per heavy atom. The standard InChI is InChI=1S/C18H23F2NO3/c1-10-6-4-9-15(11(10)2)21-17(22)12(3)24-18(23)16-13(19)7-5-8-14(16)20/h5,7-8,10-12,15H,4,6,9H2,1-3H3,(H,21,22)/t10-,11+,12+,15+/m0/s1. The van der Waals surface area contributed by atoms with Gasteiger partial charge in [0.15, 0.2) is 6.10 Å². The van der Waals surface area contributed by atoms with Crippen LogP contribution in [-0.4, -0.2) is 24.0 Å². The van der Waals surface area contributed by atoms with Crippen molar-refractivity contribution in [3.63, 3.8) is 0 Å². The molecule has 1 saturated carbocycles. The molecular weight excluding hydrogens is 316 g/mol. The van der Waals surface area contributed by atoms with Crippen LogP contribution in [0, 0.1) is 23.5 Å². The molecule has 1 aromatic carbocycles. The molecule has 4 nitrogen and oxygen atoms in total. The zero-order valence-electron chi connectivity index (χ0n) is 14.1. The quantitative estimate of drug-likeness (QED) is 0.855. The van der Waals surface area contributed by atoms with E-state index in [4.69, 9.17) is 4.74 Å². The van der Waals surface area contributed by atoms with E-state index >= 15 is 0 Å². The van der Waals surface area contributed by atoms with Crippen LogP contribution in [-0.2, 0) is 9.53 Å². The molecule has 0 unspecified atom stereocenters. The van der Waals surface area contributed by atoms with Gasteiger partial charge in [0.2, 0.25) is 0 Å². The molecule has 0 radical (unpaired) electrons. The Hall–Kier alpha value is -1.98. The first kappa shape index (κ1) is 18.4. The molecule has 1 fully saturated rings. The summed E-state index contributed by atoms with van der Waals surface area (Å²) in [7, 11) is 0. The highest BCUT2D eigenvalue weighted by atomic mass is 19.1. The first-order chi connectivity index (χ1) is 11.3. The van der Waals surface area contributed by atoms with Gasteiger partial charge >= 0.3 is 5.97 Å². The molecule has 0 spiro atoms. The summed E-state index contributed by atoms with van der Waals surface area (Å²) in [6.45, 7) is 5.62. The lowest BCUT2D eigenvalue weighted by Gasteiger charge is -2.35. The van der Waals surface area contributed by atoms with Gasteiger partial charge in [0.1, 0.15) is 17.2 Å². The van der Waals surface area contributed by atoms with Crippen molar-refractivity contribution in [2.24, 2.45) is 11.8 Å². The van der Waals surface area contributed by atoms with Crippen molar-refractivity contribution in [2.45, 2.75) is 52.2 Å². The molecule has 0 bridgehead atoms. The van der Waals surface area contributed by atoms with Crippen molar-refractivity contribution in [1.29, 1.82) is 0 Å². The van der Waals surface area contributed by atoms with Crippen LogP contribution in [0.15, 0.2) is 18.2 Å². The maximum atomic E-state index is 13.6. The summed E-state index contributed by atoms with van der Waals surface area (Å²) in [6.07, 6.45) is 1.91. The number of benzene rings is 1. The minimum absolute atomic E-state index is 0.0209. The van der Waals surface area contributed by atoms with Crippen LogP contribution in [0.5, 0.6) is 0 Å². The first-order valence-corrected chi connectivity index (χ1v) is 8.26. The summed E-state index contributed by atoms with van der Waals surface area (Å²) < 4.78 is 32.1. The third-order valence-electron chi connectivity index (χ3n) is 4.85. The predicted molar refractivity (Wildman–Crippen MR) is 85.3 cm³/mol. The van der Waals surface area contributed by atoms with E-state index in [2.05, 4.69) is 19.2 Å². The van der Waals surface area contributed by atoms with Crippen molar-refractivity contribution in [2.75, 3.05) is 0 Å². The molecule has 6 heteroatoms. The maximum absolute atomic E-state index is 13.6. The van der Waals surface area contributed by atoms with Crippen LogP contribution in [0.1, 0.15) is 50.4 Å². The van der Waals surface area contributed by atoms with Crippen LogP contribution >= 0.6 is 0 Å². The molecule has 0 aromatic heterocycles. The van der Waals surface area contributed by atoms with E-state index in [0.717, 1.165) is 37.5 Å². The number of esters is 1. The van der Waals surface area contributed by atoms with Crippen LogP contribution < -0.4 is 5.32 Å². The van der Waals surface area contributed by atoms with E-state index < -0.39 is 35.2 Å². The van der Waals surface area contributed by atoms with E-state index in [-0.39, 0.29) is 6.04 Å². The minimum atomic E-state index is -1.18. The average molecular weight is 339 g/mol. The van der Waals surface area contributed by atoms with Gasteiger partial charge in [-0.3, -0.25) is 4.79 Å². The van der Waals surface area contributed by atoms with E-state index in [1.165, 1.54) is 6.92 Å². The Labute approximate surface area is 140 Å². The summed E-state index contributed by atoms with van der Waals surface area (Å²) in [5, 5.41) is 2.88. The Bertz CT molecular complexity index is 600. The lowest BCUT2D eigenvalue weighted by molar-refractivity contribution is -0.130. The molecule has 0 saturated heterocycles. The second-order valence-corrected chi connectivity index (χ2v) is 6.53. The second-order valence-electron chi connectivity index (χ2n) is 6.53. The molecule has 1 aliphatic rings. The fourth-order valence-electron chi connectivity index (χ4n) is 3.05. The van der Waals surface area contributed by atoms with Gasteiger partial charge in [-0.1, -0.05) is 32.8 Å². The number of halogens is 2. The number of ether oxygens (including phenoxy) is 1. The zero-order chi connectivity index (χ0) is 17.9. The van der Waals surface area contributed by atoms with Crippen LogP contribution in [0.3, 0.4) is 0 Å². The van der Waals surface area contributed by atoms with Gasteiger partial charge in [-0.25, -0.2) is 13.6 Å². The Balaban J connectivity index is 1.97. The number of nitrogens with one attached hydrogen (secondary N) is 1. The molecule has 2 rings (SSSR count). The highest BCUT2D eigenvalue weighted by Gasteiger charge is 2.30. The Morgan fingerprint density at radius 3 is 2.46 bits per heavy atom. The minimum Gasteiger partial charge on any atom is -0.449 e. The van der Waals surface area contributed by atoms with Gasteiger partial charge in [0, 0.05) is 6.04 Å². The number of hydrogen-bond acceptors (Lipinski definition) is 3. The highest BCUT2D eigenvalue weighted by molar-refractivity contribution is 5.92. The fraction of sp³-hybridized carbons (Fsp3) is 0.556. The predicted octanol–water partition coefficient (Wildman–Crippen LogP) is 3.45. The number of amides is 1. The summed E-state index contributed by atoms with van der Waals surface area (Å²) >= 11 is 0. The van der Waals surface area contributed by atoms with Gasteiger partial charge in [-0.2, -0.15) is 0 Å². The van der Waals surface area contributed by atoms with E-state index in [1.807, 2.05) is 0 Å². The Morgan fingerprint density at radius 1 is 1.21 bits per heavy atom. The third kappa shape index (κ3) is 4.10. The van der Waals surface area contributed by atoms with Crippen LogP contribution in [0.25, 0.3) is 0 Å². The summed E-state index contributed by atoms with van der Waals surface area (Å²) in [5.74, 6) is -2.82. The van der Waals surface area contributed by atoms with Crippen molar-refractivity contribution in [3.05, 3.63) is 35.4 Å². The molecule has 0 aliphatic heterocycles. The molecule has 1 aromatic rings. The lowest BCUT2D eigenvalue weighted by Crippen LogP contribution is -2.47. The van der Waals surface area contributed by atoms with Gasteiger partial charge in [-0.15, -0.1) is 0 Å². The molecular formula is C18H23F2NO3. The van der Waals surface area contributed by atoms with Crippen molar-refractivity contribution >= 4 is 11.9 Å². The summed E-state index contributed by atoms with van der Waals surface area (Å²) in [5.41, 5.74) is -0.781. The molecule has 0 heterocycles. The lowest BCUT2D eigenvalue weighted by atomic mass is 9.78. The SMILES string of the molecule is C[C@@H]1[C@@H](C)CCC[C@H]1NC(=O)[C@@H](C)OC(=O)c1c(F)cccc1F.